The second-order valence-electron chi connectivity index (χ2n) is 8.14. The van der Waals surface area contributed by atoms with E-state index < -0.39 is 0 Å². The molecule has 1 aliphatic heterocycles. The van der Waals surface area contributed by atoms with Gasteiger partial charge < -0.3 is 0 Å². The van der Waals surface area contributed by atoms with Crippen molar-refractivity contribution < 1.29 is 14.3 Å². The Morgan fingerprint density at radius 1 is 1.11 bits per heavy atom. The van der Waals surface area contributed by atoms with Crippen molar-refractivity contribution in [2.24, 2.45) is 17.3 Å². The molecule has 0 aromatic heterocycles. The molecule has 3 nitrogen and oxygen atoms in total. The van der Waals surface area contributed by atoms with Crippen LogP contribution in [0, 0.1) is 17.3 Å². The molecule has 4 rings (SSSR count). The van der Waals surface area contributed by atoms with Crippen LogP contribution in [0.1, 0.15) is 19.4 Å². The maximum absolute atomic E-state index is 12.8. The molecule has 2 aliphatic rings. The monoisotopic (exact) mass is 442 g/mol. The van der Waals surface area contributed by atoms with Crippen LogP contribution in [0.3, 0.4) is 0 Å². The molecule has 2 aromatic rings. The molecule has 1 saturated heterocycles. The first-order chi connectivity index (χ1) is 13.5. The van der Waals surface area contributed by atoms with E-state index in [4.69, 9.17) is 9.47 Å². The molecule has 146 valence electrons. The molecule has 0 N–H and O–H groups in total. The molecule has 0 spiro atoms. The molecule has 0 amide bonds. The molecule has 28 heavy (non-hydrogen) atoms. The fraction of sp³-hybridized carbons (Fsp3) is 0.375. The quantitative estimate of drug-likeness (QED) is 0.389. The van der Waals surface area contributed by atoms with Crippen molar-refractivity contribution >= 4 is 25.4 Å². The van der Waals surface area contributed by atoms with Crippen LogP contribution in [0.15, 0.2) is 73.3 Å². The first-order valence-corrected chi connectivity index (χ1v) is 11.6. The maximum atomic E-state index is 12.8. The molecule has 2 aromatic carbocycles. The number of hydrogen-bond acceptors (Lipinski definition) is 3. The number of rotatable bonds is 6. The number of benzene rings is 2. The molecule has 1 aliphatic carbocycles. The summed E-state index contributed by atoms with van der Waals surface area (Å²) in [6.45, 7) is 8.93. The third-order valence-electron chi connectivity index (χ3n) is 5.99. The molecule has 1 saturated carbocycles. The zero-order chi connectivity index (χ0) is 19.7. The van der Waals surface area contributed by atoms with Crippen molar-refractivity contribution in [1.29, 1.82) is 0 Å². The number of fused-ring (bicyclic) bond motifs is 1. The second-order valence-corrected chi connectivity index (χ2v) is 10.7. The van der Waals surface area contributed by atoms with E-state index in [9.17, 15) is 4.79 Å². The van der Waals surface area contributed by atoms with Crippen LogP contribution in [0.4, 0.5) is 0 Å². The van der Waals surface area contributed by atoms with Crippen molar-refractivity contribution in [2.45, 2.75) is 37.5 Å². The van der Waals surface area contributed by atoms with Gasteiger partial charge in [0.2, 0.25) is 0 Å². The van der Waals surface area contributed by atoms with E-state index in [1.807, 2.05) is 42.5 Å². The van der Waals surface area contributed by atoms with Crippen LogP contribution in [-0.4, -0.2) is 33.1 Å². The van der Waals surface area contributed by atoms with Crippen LogP contribution < -0.4 is 4.46 Å². The summed E-state index contributed by atoms with van der Waals surface area (Å²) >= 11 is 0.00584. The van der Waals surface area contributed by atoms with Gasteiger partial charge in [0, 0.05) is 0 Å². The van der Waals surface area contributed by atoms with E-state index in [2.05, 4.69) is 44.7 Å². The Balaban J connectivity index is 1.54. The third kappa shape index (κ3) is 3.45. The van der Waals surface area contributed by atoms with Gasteiger partial charge in [0.05, 0.1) is 0 Å². The summed E-state index contributed by atoms with van der Waals surface area (Å²) in [6, 6.07) is 20.5. The van der Waals surface area contributed by atoms with Crippen LogP contribution >= 0.6 is 0 Å². The van der Waals surface area contributed by atoms with Gasteiger partial charge in [-0.05, 0) is 0 Å². The Bertz CT molecular complexity index is 833. The summed E-state index contributed by atoms with van der Waals surface area (Å²) in [5.41, 5.74) is 0.968. The van der Waals surface area contributed by atoms with Crippen LogP contribution in [-0.2, 0) is 20.9 Å². The number of ether oxygens (including phenoxy) is 2. The van der Waals surface area contributed by atoms with Crippen molar-refractivity contribution in [3.8, 4) is 0 Å². The van der Waals surface area contributed by atoms with Crippen molar-refractivity contribution in [3.05, 3.63) is 78.9 Å². The van der Waals surface area contributed by atoms with Gasteiger partial charge in [-0.25, -0.2) is 0 Å². The van der Waals surface area contributed by atoms with Gasteiger partial charge in [-0.1, -0.05) is 0 Å². The van der Waals surface area contributed by atoms with E-state index >= 15 is 0 Å². The van der Waals surface area contributed by atoms with Gasteiger partial charge in [0.15, 0.2) is 0 Å². The molecule has 4 heteroatoms. The Morgan fingerprint density at radius 3 is 2.39 bits per heavy atom. The van der Waals surface area contributed by atoms with Crippen LogP contribution in [0.5, 0.6) is 0 Å². The summed E-state index contributed by atoms with van der Waals surface area (Å²) < 4.78 is 13.5. The van der Waals surface area contributed by atoms with Crippen molar-refractivity contribution in [1.82, 2.24) is 0 Å². The topological polar surface area (TPSA) is 35.5 Å². The molecule has 1 heterocycles. The number of hydrogen-bond donors (Lipinski definition) is 0. The summed E-state index contributed by atoms with van der Waals surface area (Å²) in [7, 11) is 0. The minimum absolute atomic E-state index is 0.00584. The molecule has 0 unspecified atom stereocenters. The summed E-state index contributed by atoms with van der Waals surface area (Å²) in [6.07, 6.45) is 1.90. The van der Waals surface area contributed by atoms with Gasteiger partial charge in [0.1, 0.15) is 0 Å². The number of carbonyl (C=O) groups is 1. The van der Waals surface area contributed by atoms with Gasteiger partial charge in [0.25, 0.3) is 0 Å². The molecule has 5 atom stereocenters. The number of carbonyl (C=O) groups excluding carboxylic acids is 1. The second kappa shape index (κ2) is 7.87. The summed E-state index contributed by atoms with van der Waals surface area (Å²) in [4.78, 5) is 12.7. The number of allylic oxidation sites excluding steroid dienone is 1. The first-order valence-electron chi connectivity index (χ1n) is 9.72. The summed E-state index contributed by atoms with van der Waals surface area (Å²) in [5, 5.41) is 0. The zero-order valence-corrected chi connectivity index (χ0v) is 18.0. The first kappa shape index (κ1) is 19.4. The average Bonchev–Trinajstić information content (AvgIpc) is 2.71. The molecule has 0 radical (unpaired) electrons. The van der Waals surface area contributed by atoms with Gasteiger partial charge in [-0.15, -0.1) is 0 Å². The van der Waals surface area contributed by atoms with Gasteiger partial charge >= 0.3 is 173 Å². The number of esters is 1. The van der Waals surface area contributed by atoms with E-state index in [-0.39, 0.29) is 55.2 Å². The van der Waals surface area contributed by atoms with Crippen LogP contribution in [0.25, 0.3) is 0 Å². The normalized spacial score (nSPS) is 30.6. The zero-order valence-electron chi connectivity index (χ0n) is 16.3. The Hall–Kier alpha value is -1.87. The Labute approximate surface area is 173 Å². The minimum atomic E-state index is -0.193. The summed E-state index contributed by atoms with van der Waals surface area (Å²) in [5.74, 6) is 0.175. The molecular weight excluding hydrogens is 415 g/mol. The Morgan fingerprint density at radius 2 is 1.75 bits per heavy atom. The van der Waals surface area contributed by atoms with Gasteiger partial charge in [-0.3, -0.25) is 0 Å². The van der Waals surface area contributed by atoms with Gasteiger partial charge in [-0.2, -0.15) is 0 Å². The van der Waals surface area contributed by atoms with E-state index in [1.165, 1.54) is 4.46 Å². The van der Waals surface area contributed by atoms with E-state index in [0.29, 0.717) is 6.61 Å². The molecule has 0 bridgehead atoms. The van der Waals surface area contributed by atoms with Crippen LogP contribution in [0.2, 0.25) is 4.82 Å². The van der Waals surface area contributed by atoms with Crippen molar-refractivity contribution in [2.75, 3.05) is 0 Å². The fourth-order valence-electron chi connectivity index (χ4n) is 4.52. The standard InChI is InChI=1S/C24H26O3Se/c1-4-18-19-21(26-15-16-11-7-5-8-12-16)24(2,3)22(19)27-23(25)20(18)28-17-13-9-6-10-14-17/h4-14,18-22H,1,15H2,2-3H3/t18-,19+,20+,21+,22+/m1/s1. The predicted molar refractivity (Wildman–Crippen MR) is 111 cm³/mol. The fourth-order valence-corrected chi connectivity index (χ4v) is 7.06. The molecule has 2 fully saturated rings. The van der Waals surface area contributed by atoms with Crippen molar-refractivity contribution in [3.63, 3.8) is 0 Å². The van der Waals surface area contributed by atoms with E-state index in [0.717, 1.165) is 5.56 Å². The SMILES string of the molecule is C=C[C@@H]1[C@H]2[C@H](OCc3ccccc3)C(C)(C)[C@H]2OC(=O)[C@H]1[Se]c1ccccc1. The molecular formula is C24H26O3Se. The Kier molecular flexibility index (Phi) is 5.46. The predicted octanol–water partition coefficient (Wildman–Crippen LogP) is 3.77. The average molecular weight is 441 g/mol. The van der Waals surface area contributed by atoms with E-state index in [1.54, 1.807) is 0 Å². The third-order valence-corrected chi connectivity index (χ3v) is 8.72.